The SMILES string of the molecule is CC(C)C(=O)NCC1CCCN(C(=O)Nc2c(F)cccc2Oc2ccccc2)C1. The van der Waals surface area contributed by atoms with Crippen molar-refractivity contribution in [3.63, 3.8) is 0 Å². The minimum Gasteiger partial charge on any atom is -0.455 e. The number of amides is 3. The molecule has 1 saturated heterocycles. The number of carbonyl (C=O) groups is 2. The van der Waals surface area contributed by atoms with E-state index in [0.29, 0.717) is 25.4 Å². The van der Waals surface area contributed by atoms with Gasteiger partial charge in [0.2, 0.25) is 5.91 Å². The summed E-state index contributed by atoms with van der Waals surface area (Å²) < 4.78 is 20.2. The van der Waals surface area contributed by atoms with Crippen molar-refractivity contribution in [3.05, 3.63) is 54.3 Å². The Morgan fingerprint density at radius 1 is 1.17 bits per heavy atom. The van der Waals surface area contributed by atoms with E-state index in [2.05, 4.69) is 10.6 Å². The summed E-state index contributed by atoms with van der Waals surface area (Å²) >= 11 is 0. The first-order valence-electron chi connectivity index (χ1n) is 10.3. The van der Waals surface area contributed by atoms with Crippen LogP contribution in [0.2, 0.25) is 0 Å². The van der Waals surface area contributed by atoms with E-state index in [1.807, 2.05) is 32.0 Å². The summed E-state index contributed by atoms with van der Waals surface area (Å²) in [5, 5.41) is 5.60. The van der Waals surface area contributed by atoms with E-state index in [4.69, 9.17) is 4.74 Å². The van der Waals surface area contributed by atoms with Crippen molar-refractivity contribution in [2.75, 3.05) is 25.0 Å². The average Bonchev–Trinajstić information content (AvgIpc) is 2.75. The lowest BCUT2D eigenvalue weighted by Gasteiger charge is -2.33. The van der Waals surface area contributed by atoms with E-state index in [-0.39, 0.29) is 35.2 Å². The van der Waals surface area contributed by atoms with Crippen LogP contribution in [-0.2, 0) is 4.79 Å². The molecule has 3 rings (SSSR count). The van der Waals surface area contributed by atoms with Gasteiger partial charge < -0.3 is 20.3 Å². The molecule has 2 aromatic carbocycles. The van der Waals surface area contributed by atoms with Gasteiger partial charge in [-0.2, -0.15) is 0 Å². The Kier molecular flexibility index (Phi) is 7.27. The zero-order valence-corrected chi connectivity index (χ0v) is 17.4. The molecule has 1 heterocycles. The first-order chi connectivity index (χ1) is 14.4. The summed E-state index contributed by atoms with van der Waals surface area (Å²) in [5.41, 5.74) is 0.0154. The van der Waals surface area contributed by atoms with Gasteiger partial charge in [-0.1, -0.05) is 38.1 Å². The highest BCUT2D eigenvalue weighted by Crippen LogP contribution is 2.32. The van der Waals surface area contributed by atoms with Gasteiger partial charge in [0.15, 0.2) is 11.6 Å². The summed E-state index contributed by atoms with van der Waals surface area (Å²) in [6.45, 7) is 5.32. The molecule has 7 heteroatoms. The highest BCUT2D eigenvalue weighted by Gasteiger charge is 2.25. The number of nitrogens with zero attached hydrogens (tertiary/aromatic N) is 1. The normalized spacial score (nSPS) is 16.3. The predicted octanol–water partition coefficient (Wildman–Crippen LogP) is 4.63. The van der Waals surface area contributed by atoms with Gasteiger partial charge in [0, 0.05) is 25.6 Å². The van der Waals surface area contributed by atoms with Gasteiger partial charge in [0.05, 0.1) is 0 Å². The van der Waals surface area contributed by atoms with Gasteiger partial charge in [-0.05, 0) is 43.0 Å². The molecule has 0 aliphatic carbocycles. The Labute approximate surface area is 176 Å². The molecule has 0 bridgehead atoms. The van der Waals surface area contributed by atoms with Crippen molar-refractivity contribution in [2.24, 2.45) is 11.8 Å². The summed E-state index contributed by atoms with van der Waals surface area (Å²) in [5.74, 6) is 0.343. The lowest BCUT2D eigenvalue weighted by Crippen LogP contribution is -2.45. The molecule has 1 aliphatic heterocycles. The second-order valence-corrected chi connectivity index (χ2v) is 7.81. The summed E-state index contributed by atoms with van der Waals surface area (Å²) in [4.78, 5) is 26.3. The molecule has 160 valence electrons. The minimum atomic E-state index is -0.561. The molecule has 0 saturated carbocycles. The number of ether oxygens (including phenoxy) is 1. The van der Waals surface area contributed by atoms with Crippen LogP contribution in [0.1, 0.15) is 26.7 Å². The van der Waals surface area contributed by atoms with Gasteiger partial charge in [-0.3, -0.25) is 4.79 Å². The number of carbonyl (C=O) groups excluding carboxylic acids is 2. The smallest absolute Gasteiger partial charge is 0.322 e. The van der Waals surface area contributed by atoms with Crippen molar-refractivity contribution in [2.45, 2.75) is 26.7 Å². The summed E-state index contributed by atoms with van der Waals surface area (Å²) in [6.07, 6.45) is 1.77. The standard InChI is InChI=1S/C23H28FN3O3/c1-16(2)22(28)25-14-17-8-7-13-27(15-17)23(29)26-21-19(24)11-6-12-20(21)30-18-9-4-3-5-10-18/h3-6,9-12,16-17H,7-8,13-15H2,1-2H3,(H,25,28)(H,26,29). The summed E-state index contributed by atoms with van der Waals surface area (Å²) in [7, 11) is 0. The number of hydrogen-bond acceptors (Lipinski definition) is 3. The van der Waals surface area contributed by atoms with Gasteiger partial charge in [-0.25, -0.2) is 9.18 Å². The maximum Gasteiger partial charge on any atom is 0.322 e. The molecule has 30 heavy (non-hydrogen) atoms. The fourth-order valence-corrected chi connectivity index (χ4v) is 3.38. The third kappa shape index (κ3) is 5.72. The Bertz CT molecular complexity index is 873. The Morgan fingerprint density at radius 2 is 1.93 bits per heavy atom. The van der Waals surface area contributed by atoms with Crippen LogP contribution < -0.4 is 15.4 Å². The maximum absolute atomic E-state index is 14.5. The van der Waals surface area contributed by atoms with Gasteiger partial charge in [0.25, 0.3) is 0 Å². The number of likely N-dealkylation sites (tertiary alicyclic amines) is 1. The number of anilines is 1. The van der Waals surface area contributed by atoms with Crippen LogP contribution in [0.15, 0.2) is 48.5 Å². The first-order valence-corrected chi connectivity index (χ1v) is 10.3. The largest absolute Gasteiger partial charge is 0.455 e. The van der Waals surface area contributed by atoms with E-state index < -0.39 is 5.82 Å². The van der Waals surface area contributed by atoms with Crippen LogP contribution in [0.25, 0.3) is 0 Å². The van der Waals surface area contributed by atoms with Crippen molar-refractivity contribution in [1.29, 1.82) is 0 Å². The molecular weight excluding hydrogens is 385 g/mol. The lowest BCUT2D eigenvalue weighted by atomic mass is 9.98. The number of rotatable bonds is 6. The van der Waals surface area contributed by atoms with E-state index in [9.17, 15) is 14.0 Å². The van der Waals surface area contributed by atoms with Crippen LogP contribution in [-0.4, -0.2) is 36.5 Å². The Balaban J connectivity index is 1.64. The van der Waals surface area contributed by atoms with Gasteiger partial charge in [-0.15, -0.1) is 0 Å². The fourth-order valence-electron chi connectivity index (χ4n) is 3.38. The molecule has 3 amide bonds. The molecule has 1 atom stereocenters. The van der Waals surface area contributed by atoms with Crippen molar-refractivity contribution in [1.82, 2.24) is 10.2 Å². The molecule has 0 spiro atoms. The van der Waals surface area contributed by atoms with Crippen LogP contribution in [0.5, 0.6) is 11.5 Å². The molecule has 0 radical (unpaired) electrons. The number of hydrogen-bond donors (Lipinski definition) is 2. The molecule has 1 unspecified atom stereocenters. The van der Waals surface area contributed by atoms with Gasteiger partial charge in [0.1, 0.15) is 11.4 Å². The minimum absolute atomic E-state index is 0.00522. The third-order valence-corrected chi connectivity index (χ3v) is 5.07. The van der Waals surface area contributed by atoms with E-state index in [0.717, 1.165) is 12.8 Å². The highest BCUT2D eigenvalue weighted by atomic mass is 19.1. The van der Waals surface area contributed by atoms with E-state index in [1.165, 1.54) is 12.1 Å². The Hall–Kier alpha value is -3.09. The number of piperidine rings is 1. The molecule has 0 aromatic heterocycles. The van der Waals surface area contributed by atoms with Crippen molar-refractivity contribution >= 4 is 17.6 Å². The second kappa shape index (κ2) is 10.1. The number of benzene rings is 2. The van der Waals surface area contributed by atoms with Gasteiger partial charge >= 0.3 is 6.03 Å². The first kappa shape index (κ1) is 21.6. The molecule has 1 aliphatic rings. The topological polar surface area (TPSA) is 70.7 Å². The molecule has 2 N–H and O–H groups in total. The molecule has 6 nitrogen and oxygen atoms in total. The second-order valence-electron chi connectivity index (χ2n) is 7.81. The molecular formula is C23H28FN3O3. The molecule has 1 fully saturated rings. The monoisotopic (exact) mass is 413 g/mol. The summed E-state index contributed by atoms with van der Waals surface area (Å²) in [6, 6.07) is 13.1. The highest BCUT2D eigenvalue weighted by molar-refractivity contribution is 5.91. The average molecular weight is 413 g/mol. The maximum atomic E-state index is 14.5. The molecule has 2 aromatic rings. The fraction of sp³-hybridized carbons (Fsp3) is 0.391. The van der Waals surface area contributed by atoms with Crippen LogP contribution in [0, 0.1) is 17.7 Å². The van der Waals surface area contributed by atoms with E-state index >= 15 is 0 Å². The van der Waals surface area contributed by atoms with Crippen LogP contribution >= 0.6 is 0 Å². The van der Waals surface area contributed by atoms with E-state index in [1.54, 1.807) is 23.1 Å². The quantitative estimate of drug-likeness (QED) is 0.725. The lowest BCUT2D eigenvalue weighted by molar-refractivity contribution is -0.124. The van der Waals surface area contributed by atoms with Crippen molar-refractivity contribution in [3.8, 4) is 11.5 Å². The Morgan fingerprint density at radius 3 is 2.67 bits per heavy atom. The van der Waals surface area contributed by atoms with Crippen LogP contribution in [0.3, 0.4) is 0 Å². The number of halogens is 1. The van der Waals surface area contributed by atoms with Crippen LogP contribution in [0.4, 0.5) is 14.9 Å². The predicted molar refractivity (Wildman–Crippen MR) is 114 cm³/mol. The van der Waals surface area contributed by atoms with Crippen molar-refractivity contribution < 1.29 is 18.7 Å². The number of urea groups is 1. The number of para-hydroxylation sites is 2. The third-order valence-electron chi connectivity index (χ3n) is 5.07. The number of nitrogens with one attached hydrogen (secondary N) is 2. The zero-order valence-electron chi connectivity index (χ0n) is 17.4. The zero-order chi connectivity index (χ0) is 21.5.